The predicted molar refractivity (Wildman–Crippen MR) is 127 cm³/mol. The Morgan fingerprint density at radius 3 is 2.50 bits per heavy atom. The molecule has 4 fully saturated rings. The van der Waals surface area contributed by atoms with Crippen molar-refractivity contribution in [3.63, 3.8) is 0 Å². The van der Waals surface area contributed by atoms with Crippen LogP contribution in [0.5, 0.6) is 0 Å². The Balaban J connectivity index is 1.14. The largest absolute Gasteiger partial charge is 0.378 e. The minimum Gasteiger partial charge on any atom is -0.378 e. The molecule has 5 nitrogen and oxygen atoms in total. The van der Waals surface area contributed by atoms with Gasteiger partial charge in [0.05, 0.1) is 19.3 Å². The monoisotopic (exact) mass is 489 g/mol. The van der Waals surface area contributed by atoms with E-state index >= 15 is 0 Å². The van der Waals surface area contributed by atoms with Gasteiger partial charge >= 0.3 is 0 Å². The van der Waals surface area contributed by atoms with E-state index in [9.17, 15) is 13.6 Å². The number of nitrogens with zero attached hydrogens (tertiary/aromatic N) is 2. The van der Waals surface area contributed by atoms with Crippen LogP contribution in [0.15, 0.2) is 24.4 Å². The highest BCUT2D eigenvalue weighted by Crippen LogP contribution is 2.63. The maximum atomic E-state index is 13.5. The van der Waals surface area contributed by atoms with Crippen molar-refractivity contribution in [2.24, 2.45) is 11.3 Å². The Bertz CT molecular complexity index is 1100. The lowest BCUT2D eigenvalue weighted by Crippen LogP contribution is -2.51. The number of likely N-dealkylation sites (tertiary alicyclic amines) is 1. The summed E-state index contributed by atoms with van der Waals surface area (Å²) >= 11 is 6.67. The summed E-state index contributed by atoms with van der Waals surface area (Å²) < 4.78 is 32.4. The fourth-order valence-electron chi connectivity index (χ4n) is 6.17. The molecular formula is C26H30ClF2N3O2. The number of fused-ring (bicyclic) bond motifs is 1. The highest BCUT2D eigenvalue weighted by atomic mass is 35.5. The van der Waals surface area contributed by atoms with Gasteiger partial charge in [0, 0.05) is 35.4 Å². The number of carbonyl (C=O) groups is 1. The number of anilines is 1. The number of pyridine rings is 1. The number of hydrogen-bond acceptors (Lipinski definition) is 4. The number of carbonyl (C=O) groups excluding carboxylic acids is 1. The SMILES string of the molecule is O=C(Nc1cc2cc(C3CCN(C4COC4)CC3)c(Cl)cc2cn1)C1CC12CCC(F)(F)CC2. The zero-order valence-electron chi connectivity index (χ0n) is 19.2. The maximum Gasteiger partial charge on any atom is 0.248 e. The minimum absolute atomic E-state index is 0.0985. The second kappa shape index (κ2) is 8.38. The van der Waals surface area contributed by atoms with E-state index in [1.54, 1.807) is 6.20 Å². The lowest BCUT2D eigenvalue weighted by molar-refractivity contribution is -0.119. The molecule has 1 atom stereocenters. The van der Waals surface area contributed by atoms with Crippen LogP contribution in [-0.4, -0.2) is 54.1 Å². The average Bonchev–Trinajstić information content (AvgIpc) is 3.50. The highest BCUT2D eigenvalue weighted by molar-refractivity contribution is 6.32. The van der Waals surface area contributed by atoms with Crippen molar-refractivity contribution in [3.8, 4) is 0 Å². The topological polar surface area (TPSA) is 54.5 Å². The Kier molecular flexibility index (Phi) is 5.58. The fraction of sp³-hybridized carbons (Fsp3) is 0.615. The van der Waals surface area contributed by atoms with Crippen LogP contribution in [-0.2, 0) is 9.53 Å². The number of hydrogen-bond donors (Lipinski definition) is 1. The van der Waals surface area contributed by atoms with Crippen LogP contribution in [0.1, 0.15) is 56.4 Å². The first-order valence-electron chi connectivity index (χ1n) is 12.4. The van der Waals surface area contributed by atoms with Crippen LogP contribution in [0.2, 0.25) is 5.02 Å². The van der Waals surface area contributed by atoms with Gasteiger partial charge in [0.2, 0.25) is 11.8 Å². The predicted octanol–water partition coefficient (Wildman–Crippen LogP) is 5.62. The minimum atomic E-state index is -2.57. The molecule has 182 valence electrons. The third-order valence-corrected chi connectivity index (χ3v) is 9.01. The number of rotatable bonds is 4. The van der Waals surface area contributed by atoms with E-state index in [4.69, 9.17) is 16.3 Å². The van der Waals surface area contributed by atoms with Crippen molar-refractivity contribution in [2.45, 2.75) is 62.8 Å². The first kappa shape index (κ1) is 22.6. The maximum absolute atomic E-state index is 13.5. The van der Waals surface area contributed by atoms with E-state index in [1.165, 1.54) is 0 Å². The number of halogens is 3. The molecule has 6 rings (SSSR count). The average molecular weight is 490 g/mol. The summed E-state index contributed by atoms with van der Waals surface area (Å²) in [6.45, 7) is 3.80. The van der Waals surface area contributed by atoms with Crippen LogP contribution < -0.4 is 5.32 Å². The van der Waals surface area contributed by atoms with Crippen molar-refractivity contribution < 1.29 is 18.3 Å². The molecule has 1 aromatic carbocycles. The number of piperidine rings is 1. The summed E-state index contributed by atoms with van der Waals surface area (Å²) in [5.74, 6) is -1.94. The van der Waals surface area contributed by atoms with Crippen LogP contribution in [0.4, 0.5) is 14.6 Å². The molecule has 4 aliphatic rings. The van der Waals surface area contributed by atoms with Gasteiger partial charge in [0.25, 0.3) is 0 Å². The number of aromatic nitrogens is 1. The number of ether oxygens (including phenoxy) is 1. The molecule has 2 saturated heterocycles. The molecule has 0 bridgehead atoms. The second-order valence-electron chi connectivity index (χ2n) is 10.8. The normalized spacial score (nSPS) is 27.0. The zero-order valence-corrected chi connectivity index (χ0v) is 19.9. The van der Waals surface area contributed by atoms with Crippen molar-refractivity contribution in [1.29, 1.82) is 0 Å². The molecule has 2 saturated carbocycles. The molecule has 8 heteroatoms. The summed E-state index contributed by atoms with van der Waals surface area (Å²) in [4.78, 5) is 19.8. The number of alkyl halides is 2. The molecular weight excluding hydrogens is 460 g/mol. The summed E-state index contributed by atoms with van der Waals surface area (Å²) in [6.07, 6.45) is 5.22. The fourth-order valence-corrected chi connectivity index (χ4v) is 6.50. The van der Waals surface area contributed by atoms with Crippen molar-refractivity contribution >= 4 is 34.1 Å². The summed E-state index contributed by atoms with van der Waals surface area (Å²) in [5, 5.41) is 5.65. The van der Waals surface area contributed by atoms with Crippen molar-refractivity contribution in [3.05, 3.63) is 35.0 Å². The van der Waals surface area contributed by atoms with Gasteiger partial charge in [0.15, 0.2) is 0 Å². The first-order chi connectivity index (χ1) is 16.3. The van der Waals surface area contributed by atoms with Gasteiger partial charge in [-0.05, 0) is 85.7 Å². The molecule has 34 heavy (non-hydrogen) atoms. The van der Waals surface area contributed by atoms with Gasteiger partial charge in [-0.2, -0.15) is 0 Å². The molecule has 1 aromatic heterocycles. The lowest BCUT2D eigenvalue weighted by atomic mass is 9.82. The Hall–Kier alpha value is -1.83. The number of benzene rings is 1. The molecule has 3 heterocycles. The second-order valence-corrected chi connectivity index (χ2v) is 11.2. The Morgan fingerprint density at radius 1 is 1.09 bits per heavy atom. The van der Waals surface area contributed by atoms with Crippen LogP contribution in [0.25, 0.3) is 10.8 Å². The van der Waals surface area contributed by atoms with E-state index < -0.39 is 5.92 Å². The van der Waals surface area contributed by atoms with E-state index in [-0.39, 0.29) is 30.1 Å². The Morgan fingerprint density at radius 2 is 1.82 bits per heavy atom. The van der Waals surface area contributed by atoms with E-state index in [1.807, 2.05) is 12.1 Å². The molecule has 2 aromatic rings. The molecule has 0 radical (unpaired) electrons. The zero-order chi connectivity index (χ0) is 23.5. The highest BCUT2D eigenvalue weighted by Gasteiger charge is 2.60. The van der Waals surface area contributed by atoms with Crippen molar-refractivity contribution in [1.82, 2.24) is 9.88 Å². The Labute approximate surface area is 203 Å². The van der Waals surface area contributed by atoms with Gasteiger partial charge in [-0.25, -0.2) is 13.8 Å². The standard InChI is InChI=1S/C26H30ClF2N3O2/c27-22-10-18-13-30-23(31-24(33)21-12-25(21)3-5-26(28,29)6-4-25)11-17(18)9-20(22)16-1-7-32(8-2-16)19-14-34-15-19/h9-11,13,16,19,21H,1-8,12,14-15H2,(H,30,31,33). The summed E-state index contributed by atoms with van der Waals surface area (Å²) in [6, 6.07) is 6.58. The van der Waals surface area contributed by atoms with Gasteiger partial charge in [-0.3, -0.25) is 9.69 Å². The lowest BCUT2D eigenvalue weighted by Gasteiger charge is -2.41. The van der Waals surface area contributed by atoms with Gasteiger partial charge in [-0.1, -0.05) is 11.6 Å². The molecule has 1 spiro atoms. The van der Waals surface area contributed by atoms with E-state index in [0.29, 0.717) is 37.0 Å². The number of nitrogens with one attached hydrogen (secondary N) is 1. The van der Waals surface area contributed by atoms with Crippen molar-refractivity contribution in [2.75, 3.05) is 31.6 Å². The summed E-state index contributed by atoms with van der Waals surface area (Å²) in [5.41, 5.74) is 0.926. The van der Waals surface area contributed by atoms with E-state index in [2.05, 4.69) is 21.3 Å². The first-order valence-corrected chi connectivity index (χ1v) is 12.8. The molecule has 1 amide bonds. The summed E-state index contributed by atoms with van der Waals surface area (Å²) in [7, 11) is 0. The molecule has 2 aliphatic heterocycles. The van der Waals surface area contributed by atoms with Crippen LogP contribution in [0.3, 0.4) is 0 Å². The van der Waals surface area contributed by atoms with Crippen LogP contribution in [0, 0.1) is 11.3 Å². The molecule has 2 aliphatic carbocycles. The molecule has 1 N–H and O–H groups in total. The number of amides is 1. The third kappa shape index (κ3) is 4.20. The quantitative estimate of drug-likeness (QED) is 0.605. The van der Waals surface area contributed by atoms with Gasteiger partial charge in [-0.15, -0.1) is 0 Å². The van der Waals surface area contributed by atoms with Crippen LogP contribution >= 0.6 is 11.6 Å². The van der Waals surface area contributed by atoms with Gasteiger partial charge in [0.1, 0.15) is 5.82 Å². The van der Waals surface area contributed by atoms with E-state index in [0.717, 1.165) is 60.5 Å². The third-order valence-electron chi connectivity index (χ3n) is 8.68. The smallest absolute Gasteiger partial charge is 0.248 e. The molecule has 1 unspecified atom stereocenters. The van der Waals surface area contributed by atoms with Gasteiger partial charge < -0.3 is 10.1 Å².